The molecule has 0 saturated heterocycles. The minimum atomic E-state index is -0.614. The highest BCUT2D eigenvalue weighted by Crippen LogP contribution is 2.35. The molecule has 1 aromatic carbocycles. The van der Waals surface area contributed by atoms with Gasteiger partial charge in [0.25, 0.3) is 5.91 Å². The fourth-order valence-corrected chi connectivity index (χ4v) is 3.17. The van der Waals surface area contributed by atoms with Gasteiger partial charge in [-0.25, -0.2) is 0 Å². The lowest BCUT2D eigenvalue weighted by atomic mass is 9.95. The van der Waals surface area contributed by atoms with Gasteiger partial charge in [-0.2, -0.15) is 5.26 Å². The van der Waals surface area contributed by atoms with E-state index in [4.69, 9.17) is 5.26 Å². The van der Waals surface area contributed by atoms with Crippen LogP contribution in [0.3, 0.4) is 0 Å². The lowest BCUT2D eigenvalue weighted by Gasteiger charge is -2.15. The van der Waals surface area contributed by atoms with E-state index in [-0.39, 0.29) is 16.7 Å². The minimum Gasteiger partial charge on any atom is -0.511 e. The molecule has 0 unspecified atom stereocenters. The molecular formula is C19H20N2O2S. The fraction of sp³-hybridized carbons (Fsp3) is 0.263. The second-order valence-electron chi connectivity index (χ2n) is 6.52. The number of nitrogens with zero attached hydrogens (tertiary/aromatic N) is 1. The summed E-state index contributed by atoms with van der Waals surface area (Å²) in [5.41, 5.74) is 1.49. The highest BCUT2D eigenvalue weighted by molar-refractivity contribution is 7.15. The summed E-state index contributed by atoms with van der Waals surface area (Å²) in [6, 6.07) is 13.4. The van der Waals surface area contributed by atoms with E-state index in [1.807, 2.05) is 12.1 Å². The summed E-state index contributed by atoms with van der Waals surface area (Å²) in [6.07, 6.45) is 0. The predicted molar refractivity (Wildman–Crippen MR) is 98.0 cm³/mol. The van der Waals surface area contributed by atoms with Crippen LogP contribution < -0.4 is 5.32 Å². The molecule has 4 nitrogen and oxygen atoms in total. The molecule has 0 saturated carbocycles. The summed E-state index contributed by atoms with van der Waals surface area (Å²) < 4.78 is 0. The molecule has 0 spiro atoms. The third-order valence-corrected chi connectivity index (χ3v) is 5.03. The van der Waals surface area contributed by atoms with Gasteiger partial charge in [-0.3, -0.25) is 4.79 Å². The van der Waals surface area contributed by atoms with Gasteiger partial charge in [-0.1, -0.05) is 32.9 Å². The number of nitrogens with one attached hydrogen (secondary N) is 1. The first kappa shape index (κ1) is 17.8. The van der Waals surface area contributed by atoms with Crippen LogP contribution >= 0.6 is 11.3 Å². The molecule has 1 aromatic heterocycles. The van der Waals surface area contributed by atoms with Crippen LogP contribution in [0, 0.1) is 11.3 Å². The average Bonchev–Trinajstić information content (AvgIpc) is 2.98. The third kappa shape index (κ3) is 4.03. The van der Waals surface area contributed by atoms with Crippen molar-refractivity contribution in [1.82, 2.24) is 0 Å². The summed E-state index contributed by atoms with van der Waals surface area (Å²) in [5.74, 6) is -0.906. The van der Waals surface area contributed by atoms with Crippen LogP contribution in [-0.4, -0.2) is 11.0 Å². The van der Waals surface area contributed by atoms with E-state index in [1.54, 1.807) is 29.5 Å². The number of amides is 1. The molecule has 0 aliphatic rings. The van der Waals surface area contributed by atoms with Crippen LogP contribution in [0.2, 0.25) is 0 Å². The van der Waals surface area contributed by atoms with E-state index < -0.39 is 5.91 Å². The van der Waals surface area contributed by atoms with Gasteiger partial charge in [-0.05, 0) is 42.2 Å². The number of carbonyl (C=O) groups excluding carboxylic acids is 1. The van der Waals surface area contributed by atoms with Gasteiger partial charge in [0.2, 0.25) is 0 Å². The van der Waals surface area contributed by atoms with Gasteiger partial charge in [-0.15, -0.1) is 11.3 Å². The van der Waals surface area contributed by atoms with Crippen molar-refractivity contribution in [1.29, 1.82) is 5.26 Å². The molecule has 2 aromatic rings. The quantitative estimate of drug-likeness (QED) is 0.469. The van der Waals surface area contributed by atoms with E-state index in [0.29, 0.717) is 5.69 Å². The second-order valence-corrected chi connectivity index (χ2v) is 7.60. The molecule has 0 bridgehead atoms. The summed E-state index contributed by atoms with van der Waals surface area (Å²) in [5, 5.41) is 20.8. The van der Waals surface area contributed by atoms with Crippen molar-refractivity contribution in [3.05, 3.63) is 52.6 Å². The van der Waals surface area contributed by atoms with E-state index in [9.17, 15) is 9.90 Å². The van der Waals surface area contributed by atoms with Crippen molar-refractivity contribution >= 4 is 22.9 Å². The van der Waals surface area contributed by atoms with Gasteiger partial charge >= 0.3 is 0 Å². The summed E-state index contributed by atoms with van der Waals surface area (Å²) in [6.45, 7) is 7.87. The minimum absolute atomic E-state index is 0.124. The molecule has 0 aliphatic heterocycles. The molecular weight excluding hydrogens is 320 g/mol. The Morgan fingerprint density at radius 1 is 1.17 bits per heavy atom. The van der Waals surface area contributed by atoms with Gasteiger partial charge in [0.1, 0.15) is 11.8 Å². The number of carbonyl (C=O) groups is 1. The third-order valence-electron chi connectivity index (χ3n) is 3.47. The van der Waals surface area contributed by atoms with Gasteiger partial charge < -0.3 is 10.4 Å². The molecule has 124 valence electrons. The zero-order chi connectivity index (χ0) is 17.9. The monoisotopic (exact) mass is 340 g/mol. The first-order valence-corrected chi connectivity index (χ1v) is 8.36. The first-order valence-electron chi connectivity index (χ1n) is 7.54. The van der Waals surface area contributed by atoms with Crippen molar-refractivity contribution in [3.63, 3.8) is 0 Å². The molecule has 2 N–H and O–H groups in total. The smallest absolute Gasteiger partial charge is 0.269 e. The Bertz CT molecular complexity index is 814. The number of allylic oxidation sites excluding steroid dienone is 1. The Morgan fingerprint density at radius 2 is 1.79 bits per heavy atom. The van der Waals surface area contributed by atoms with Gasteiger partial charge in [0.05, 0.1) is 0 Å². The molecule has 0 fully saturated rings. The number of hydrogen-bond donors (Lipinski definition) is 2. The number of hydrogen-bond acceptors (Lipinski definition) is 4. The zero-order valence-electron chi connectivity index (χ0n) is 14.2. The SMILES string of the molecule is C/C(O)=C(\C#N)C(=O)Nc1ccc(-c2ccc(C(C)(C)C)s2)cc1. The van der Waals surface area contributed by atoms with Crippen LogP contribution in [0.5, 0.6) is 0 Å². The Hall–Kier alpha value is -2.58. The summed E-state index contributed by atoms with van der Waals surface area (Å²) in [7, 11) is 0. The number of thiophene rings is 1. The van der Waals surface area contributed by atoms with Crippen molar-refractivity contribution in [2.45, 2.75) is 33.1 Å². The van der Waals surface area contributed by atoms with Crippen LogP contribution in [0.1, 0.15) is 32.6 Å². The van der Waals surface area contributed by atoms with Crippen molar-refractivity contribution in [2.75, 3.05) is 5.32 Å². The van der Waals surface area contributed by atoms with Crippen molar-refractivity contribution in [2.24, 2.45) is 0 Å². The molecule has 24 heavy (non-hydrogen) atoms. The molecule has 0 aliphatic carbocycles. The molecule has 1 amide bonds. The standard InChI is InChI=1S/C19H20N2O2S/c1-12(22)15(11-20)18(23)21-14-7-5-13(6-8-14)16-9-10-17(24-16)19(2,3)4/h5-10,22H,1-4H3,(H,21,23)/b15-12-. The lowest BCUT2D eigenvalue weighted by molar-refractivity contribution is -0.112. The number of aliphatic hydroxyl groups is 1. The molecule has 0 radical (unpaired) electrons. The van der Waals surface area contributed by atoms with Gasteiger partial charge in [0, 0.05) is 15.4 Å². The topological polar surface area (TPSA) is 73.1 Å². The summed E-state index contributed by atoms with van der Waals surface area (Å²) in [4.78, 5) is 14.4. The van der Waals surface area contributed by atoms with E-state index in [0.717, 1.165) is 5.56 Å². The lowest BCUT2D eigenvalue weighted by Crippen LogP contribution is -2.14. The van der Waals surface area contributed by atoms with Crippen molar-refractivity contribution in [3.8, 4) is 16.5 Å². The molecule has 2 rings (SSSR count). The zero-order valence-corrected chi connectivity index (χ0v) is 15.0. The normalized spacial score (nSPS) is 12.3. The Balaban J connectivity index is 2.17. The number of anilines is 1. The van der Waals surface area contributed by atoms with E-state index in [2.05, 4.69) is 38.2 Å². The molecule has 1 heterocycles. The van der Waals surface area contributed by atoms with E-state index in [1.165, 1.54) is 16.7 Å². The van der Waals surface area contributed by atoms with E-state index >= 15 is 0 Å². The number of nitriles is 1. The fourth-order valence-electron chi connectivity index (χ4n) is 2.10. The number of rotatable bonds is 3. The van der Waals surface area contributed by atoms with Crippen LogP contribution in [0.4, 0.5) is 5.69 Å². The molecule has 0 atom stereocenters. The maximum absolute atomic E-state index is 11.9. The molecule has 5 heteroatoms. The number of benzene rings is 1. The Labute approximate surface area is 146 Å². The van der Waals surface area contributed by atoms with Crippen LogP contribution in [0.15, 0.2) is 47.7 Å². The van der Waals surface area contributed by atoms with Crippen molar-refractivity contribution < 1.29 is 9.90 Å². The highest BCUT2D eigenvalue weighted by Gasteiger charge is 2.17. The average molecular weight is 340 g/mol. The first-order chi connectivity index (χ1) is 11.2. The maximum Gasteiger partial charge on any atom is 0.269 e. The maximum atomic E-state index is 11.9. The summed E-state index contributed by atoms with van der Waals surface area (Å²) >= 11 is 1.75. The largest absolute Gasteiger partial charge is 0.511 e. The predicted octanol–water partition coefficient (Wildman–Crippen LogP) is 5.01. The number of aliphatic hydroxyl groups excluding tert-OH is 1. The van der Waals surface area contributed by atoms with Gasteiger partial charge in [0.15, 0.2) is 5.57 Å². The Morgan fingerprint density at radius 3 is 2.25 bits per heavy atom. The second kappa shape index (κ2) is 6.90. The highest BCUT2D eigenvalue weighted by atomic mass is 32.1. The Kier molecular flexibility index (Phi) is 5.10. The van der Waals surface area contributed by atoms with Crippen LogP contribution in [0.25, 0.3) is 10.4 Å². The van der Waals surface area contributed by atoms with Crippen LogP contribution in [-0.2, 0) is 10.2 Å².